The lowest BCUT2D eigenvalue weighted by Crippen LogP contribution is -1.82. The lowest BCUT2D eigenvalue weighted by atomic mass is 10.0. The summed E-state index contributed by atoms with van der Waals surface area (Å²) in [6.07, 6.45) is 22.2. The van der Waals surface area contributed by atoms with E-state index < -0.39 is 0 Å². The molecule has 0 heterocycles. The molecule has 0 aliphatic heterocycles. The van der Waals surface area contributed by atoms with Crippen LogP contribution in [0.3, 0.4) is 0 Å². The van der Waals surface area contributed by atoms with Crippen molar-refractivity contribution < 1.29 is 0 Å². The highest BCUT2D eigenvalue weighted by Crippen LogP contribution is 2.14. The van der Waals surface area contributed by atoms with Gasteiger partial charge in [0, 0.05) is 0 Å². The Kier molecular flexibility index (Phi) is 20.6. The Morgan fingerprint density at radius 2 is 0.929 bits per heavy atom. The van der Waals surface area contributed by atoms with Crippen LogP contribution in [-0.2, 0) is 0 Å². The Morgan fingerprint density at radius 1 is 0.607 bits per heavy atom. The van der Waals surface area contributed by atoms with Crippen molar-refractivity contribution in [3.05, 3.63) is 71.4 Å². The van der Waals surface area contributed by atoms with Crippen LogP contribution in [0.25, 0.3) is 0 Å². The van der Waals surface area contributed by atoms with Crippen molar-refractivity contribution in [1.82, 2.24) is 0 Å². The molecule has 0 aliphatic carbocycles. The highest BCUT2D eigenvalue weighted by atomic mass is 14.0. The van der Waals surface area contributed by atoms with Crippen LogP contribution in [0.5, 0.6) is 0 Å². The van der Waals surface area contributed by atoms with Crippen LogP contribution >= 0.6 is 0 Å². The van der Waals surface area contributed by atoms with Gasteiger partial charge in [0.15, 0.2) is 0 Å². The average Bonchev–Trinajstić information content (AvgIpc) is 2.62. The Balaban J connectivity index is 0. The second-order valence-electron chi connectivity index (χ2n) is 8.03. The normalized spacial score (nSPS) is 13.1. The van der Waals surface area contributed by atoms with Gasteiger partial charge in [-0.2, -0.15) is 0 Å². The first-order chi connectivity index (χ1) is 13.3. The molecule has 0 heteroatoms. The Labute approximate surface area is 177 Å². The van der Waals surface area contributed by atoms with Crippen molar-refractivity contribution in [1.29, 1.82) is 0 Å². The fraction of sp³-hybridized carbons (Fsp3) is 0.571. The van der Waals surface area contributed by atoms with Gasteiger partial charge in [0.2, 0.25) is 0 Å². The zero-order valence-electron chi connectivity index (χ0n) is 20.2. The Hall–Kier alpha value is -1.56. The molecule has 0 fully saturated rings. The van der Waals surface area contributed by atoms with Crippen molar-refractivity contribution in [2.75, 3.05) is 0 Å². The van der Waals surface area contributed by atoms with Crippen molar-refractivity contribution in [2.24, 2.45) is 0 Å². The summed E-state index contributed by atoms with van der Waals surface area (Å²) in [7, 11) is 0. The fourth-order valence-corrected chi connectivity index (χ4v) is 2.79. The molecule has 0 aliphatic rings. The van der Waals surface area contributed by atoms with Gasteiger partial charge in [-0.25, -0.2) is 0 Å². The van der Waals surface area contributed by atoms with Crippen LogP contribution in [0.1, 0.15) is 106 Å². The van der Waals surface area contributed by atoms with Gasteiger partial charge in [0.05, 0.1) is 0 Å². The lowest BCUT2D eigenvalue weighted by molar-refractivity contribution is 0.873. The second kappa shape index (κ2) is 20.2. The Bertz CT molecular complexity index is 534. The molecule has 160 valence electrons. The third-order valence-corrected chi connectivity index (χ3v) is 4.64. The van der Waals surface area contributed by atoms with E-state index in [1.807, 2.05) is 6.92 Å². The summed E-state index contributed by atoms with van der Waals surface area (Å²) >= 11 is 0. The maximum absolute atomic E-state index is 3.56. The standard InChI is InChI=1S/C23H40.C5H8/c1-7-12-20(3)14-9-16-22(5)18-11-19-23(6)17-10-15-21(4)13-8-2;1-4-5(2)3/h12,15-16,19H,7-11,13-14,17-18H2,1-6H3;4H,1-2H2,3H3/b20-12-,21-15-,22-16-,23-19-;. The summed E-state index contributed by atoms with van der Waals surface area (Å²) in [4.78, 5) is 0. The maximum atomic E-state index is 3.56. The Morgan fingerprint density at radius 3 is 1.21 bits per heavy atom. The minimum absolute atomic E-state index is 1.02. The summed E-state index contributed by atoms with van der Waals surface area (Å²) < 4.78 is 0. The number of allylic oxidation sites excluding steroid dienone is 10. The van der Waals surface area contributed by atoms with E-state index in [1.54, 1.807) is 17.2 Å². The molecule has 0 bridgehead atoms. The van der Waals surface area contributed by atoms with E-state index in [0.29, 0.717) is 0 Å². The highest BCUT2D eigenvalue weighted by molar-refractivity contribution is 5.07. The molecule has 0 atom stereocenters. The molecule has 0 aromatic heterocycles. The third-order valence-electron chi connectivity index (χ3n) is 4.64. The number of rotatable bonds is 13. The maximum Gasteiger partial charge on any atom is -0.0288 e. The average molecular weight is 385 g/mol. The predicted molar refractivity (Wildman–Crippen MR) is 133 cm³/mol. The number of hydrogen-bond acceptors (Lipinski definition) is 0. The van der Waals surface area contributed by atoms with E-state index in [4.69, 9.17) is 0 Å². The molecule has 0 radical (unpaired) electrons. The van der Waals surface area contributed by atoms with Crippen LogP contribution in [0.2, 0.25) is 0 Å². The molecule has 0 aromatic rings. The van der Waals surface area contributed by atoms with E-state index in [-0.39, 0.29) is 0 Å². The topological polar surface area (TPSA) is 0 Å². The molecule has 0 N–H and O–H groups in total. The summed E-state index contributed by atoms with van der Waals surface area (Å²) in [6.45, 7) is 22.4. The fourth-order valence-electron chi connectivity index (χ4n) is 2.79. The minimum Gasteiger partial charge on any atom is -0.0988 e. The van der Waals surface area contributed by atoms with Gasteiger partial charge < -0.3 is 0 Å². The molecular weight excluding hydrogens is 336 g/mol. The summed E-state index contributed by atoms with van der Waals surface area (Å²) in [5, 5.41) is 0. The van der Waals surface area contributed by atoms with Gasteiger partial charge in [-0.05, 0) is 86.0 Å². The highest BCUT2D eigenvalue weighted by Gasteiger charge is 1.94. The van der Waals surface area contributed by atoms with Gasteiger partial charge in [-0.1, -0.05) is 91.7 Å². The number of hydrogen-bond donors (Lipinski definition) is 0. The van der Waals surface area contributed by atoms with Crippen molar-refractivity contribution in [3.63, 3.8) is 0 Å². The molecule has 0 amide bonds. The first-order valence-corrected chi connectivity index (χ1v) is 11.2. The third kappa shape index (κ3) is 22.5. The summed E-state index contributed by atoms with van der Waals surface area (Å²) in [5.41, 5.74) is 7.17. The zero-order valence-corrected chi connectivity index (χ0v) is 20.2. The van der Waals surface area contributed by atoms with E-state index in [2.05, 4.69) is 79.0 Å². The molecule has 28 heavy (non-hydrogen) atoms. The van der Waals surface area contributed by atoms with Gasteiger partial charge in [-0.15, -0.1) is 0 Å². The van der Waals surface area contributed by atoms with Gasteiger partial charge >= 0.3 is 0 Å². The van der Waals surface area contributed by atoms with Crippen LogP contribution in [0, 0.1) is 0 Å². The molecule has 0 saturated carbocycles. The largest absolute Gasteiger partial charge is 0.0988 e. The zero-order chi connectivity index (χ0) is 21.8. The first-order valence-electron chi connectivity index (χ1n) is 11.2. The van der Waals surface area contributed by atoms with Crippen molar-refractivity contribution in [2.45, 2.75) is 106 Å². The first kappa shape index (κ1) is 28.6. The van der Waals surface area contributed by atoms with E-state index >= 15 is 0 Å². The molecular formula is C28H48. The van der Waals surface area contributed by atoms with Crippen molar-refractivity contribution in [3.8, 4) is 0 Å². The lowest BCUT2D eigenvalue weighted by Gasteiger charge is -2.03. The van der Waals surface area contributed by atoms with E-state index in [1.165, 1.54) is 62.5 Å². The van der Waals surface area contributed by atoms with Crippen LogP contribution in [-0.4, -0.2) is 0 Å². The molecule has 0 nitrogen and oxygen atoms in total. The molecule has 0 unspecified atom stereocenters. The smallest absolute Gasteiger partial charge is 0.0288 e. The van der Waals surface area contributed by atoms with Gasteiger partial charge in [0.25, 0.3) is 0 Å². The monoisotopic (exact) mass is 384 g/mol. The van der Waals surface area contributed by atoms with Crippen LogP contribution in [0.15, 0.2) is 71.4 Å². The molecule has 0 rings (SSSR count). The second-order valence-corrected chi connectivity index (χ2v) is 8.03. The molecule has 0 spiro atoms. The molecule has 0 saturated heterocycles. The molecule has 0 aromatic carbocycles. The summed E-state index contributed by atoms with van der Waals surface area (Å²) in [6, 6.07) is 0. The van der Waals surface area contributed by atoms with Crippen LogP contribution in [0.4, 0.5) is 0 Å². The van der Waals surface area contributed by atoms with Crippen molar-refractivity contribution >= 4 is 0 Å². The predicted octanol–water partition coefficient (Wildman–Crippen LogP) is 10.1. The van der Waals surface area contributed by atoms with E-state index in [9.17, 15) is 0 Å². The van der Waals surface area contributed by atoms with Gasteiger partial charge in [0.1, 0.15) is 0 Å². The van der Waals surface area contributed by atoms with Gasteiger partial charge in [-0.3, -0.25) is 0 Å². The quantitative estimate of drug-likeness (QED) is 0.219. The summed E-state index contributed by atoms with van der Waals surface area (Å²) in [5.74, 6) is 0. The van der Waals surface area contributed by atoms with E-state index in [0.717, 1.165) is 12.0 Å². The van der Waals surface area contributed by atoms with Crippen LogP contribution < -0.4 is 0 Å². The SMILES string of the molecule is C=CC(=C)C.CC/C=C(/C)CC/C=C(/C)CC/C=C(/C)CC/C=C(/C)CCC. The minimum atomic E-state index is 1.02.